The third-order valence-corrected chi connectivity index (χ3v) is 6.29. The van der Waals surface area contributed by atoms with Gasteiger partial charge < -0.3 is 10.2 Å². The molecule has 30 heavy (non-hydrogen) atoms. The summed E-state index contributed by atoms with van der Waals surface area (Å²) < 4.78 is 0. The zero-order valence-corrected chi connectivity index (χ0v) is 20.9. The van der Waals surface area contributed by atoms with E-state index in [1.807, 2.05) is 84.1 Å². The molecule has 1 rings (SSSR count). The number of rotatable bonds is 8. The second kappa shape index (κ2) is 9.95. The van der Waals surface area contributed by atoms with Crippen molar-refractivity contribution in [1.29, 1.82) is 0 Å². The van der Waals surface area contributed by atoms with E-state index in [4.69, 9.17) is 0 Å². The number of hydrogen-bond donors (Lipinski definition) is 1. The Morgan fingerprint density at radius 1 is 0.900 bits per heavy atom. The fraction of sp³-hybridized carbons (Fsp3) is 0.680. The molecule has 0 aromatic heterocycles. The zero-order chi connectivity index (χ0) is 23.4. The Balaban J connectivity index is 3.24. The first-order chi connectivity index (χ1) is 13.6. The number of benzene rings is 1. The summed E-state index contributed by atoms with van der Waals surface area (Å²) in [5.41, 5.74) is 0.242. The lowest BCUT2D eigenvalue weighted by Gasteiger charge is -2.41. The molecule has 5 heteroatoms. The molecule has 5 nitrogen and oxygen atoms in total. The number of likely N-dealkylation sites (N-methyl/N-ethyl adjacent to an activating group) is 2. The average molecular weight is 418 g/mol. The minimum Gasteiger partial charge on any atom is -0.342 e. The minimum absolute atomic E-state index is 0.0490. The van der Waals surface area contributed by atoms with Crippen LogP contribution in [0.5, 0.6) is 0 Å². The first kappa shape index (κ1) is 26.2. The average Bonchev–Trinajstić information content (AvgIpc) is 2.63. The van der Waals surface area contributed by atoms with E-state index in [2.05, 4.69) is 33.0 Å². The lowest BCUT2D eigenvalue weighted by molar-refractivity contribution is -0.142. The van der Waals surface area contributed by atoms with Gasteiger partial charge in [0, 0.05) is 18.5 Å². The van der Waals surface area contributed by atoms with Crippen LogP contribution in [0.25, 0.3) is 0 Å². The lowest BCUT2D eigenvalue weighted by Crippen LogP contribution is -2.61. The highest BCUT2D eigenvalue weighted by atomic mass is 16.2. The van der Waals surface area contributed by atoms with Gasteiger partial charge in [-0.05, 0) is 37.9 Å². The Bertz CT molecular complexity index is 705. The van der Waals surface area contributed by atoms with Crippen LogP contribution >= 0.6 is 0 Å². The monoisotopic (exact) mass is 417 g/mol. The van der Waals surface area contributed by atoms with Crippen LogP contribution in [0.15, 0.2) is 30.3 Å². The SMILES string of the molecule is CC(C)[C@@H](C)N(C)C(=O)C(NC(=O)[C@@H](N(C)C)C(C)(C)c1ccccc1)C(C)(C)C. The van der Waals surface area contributed by atoms with Gasteiger partial charge in [0.15, 0.2) is 0 Å². The van der Waals surface area contributed by atoms with E-state index in [9.17, 15) is 9.59 Å². The molecule has 0 aliphatic rings. The molecule has 0 spiro atoms. The van der Waals surface area contributed by atoms with Crippen LogP contribution in [-0.2, 0) is 15.0 Å². The molecule has 0 saturated heterocycles. The summed E-state index contributed by atoms with van der Waals surface area (Å²) in [5.74, 6) is 0.154. The van der Waals surface area contributed by atoms with Crippen molar-refractivity contribution < 1.29 is 9.59 Å². The summed E-state index contributed by atoms with van der Waals surface area (Å²) >= 11 is 0. The Morgan fingerprint density at radius 3 is 1.80 bits per heavy atom. The minimum atomic E-state index is -0.606. The van der Waals surface area contributed by atoms with Gasteiger partial charge in [-0.1, -0.05) is 78.8 Å². The predicted octanol–water partition coefficient (Wildman–Crippen LogP) is 3.93. The Hall–Kier alpha value is -1.88. The van der Waals surface area contributed by atoms with Crippen LogP contribution in [0.2, 0.25) is 0 Å². The van der Waals surface area contributed by atoms with Gasteiger partial charge in [-0.25, -0.2) is 0 Å². The van der Waals surface area contributed by atoms with Crippen LogP contribution in [0.4, 0.5) is 0 Å². The summed E-state index contributed by atoms with van der Waals surface area (Å²) in [7, 11) is 5.65. The highest BCUT2D eigenvalue weighted by Crippen LogP contribution is 2.31. The van der Waals surface area contributed by atoms with Crippen LogP contribution in [0.3, 0.4) is 0 Å². The third kappa shape index (κ3) is 6.07. The summed E-state index contributed by atoms with van der Waals surface area (Å²) in [5, 5.41) is 3.12. The largest absolute Gasteiger partial charge is 0.342 e. The highest BCUT2D eigenvalue weighted by Gasteiger charge is 2.42. The van der Waals surface area contributed by atoms with Crippen molar-refractivity contribution in [3.8, 4) is 0 Å². The number of hydrogen-bond acceptors (Lipinski definition) is 3. The summed E-state index contributed by atoms with van der Waals surface area (Å²) in [6.07, 6.45) is 0. The van der Waals surface area contributed by atoms with Crippen molar-refractivity contribution in [2.75, 3.05) is 21.1 Å². The highest BCUT2D eigenvalue weighted by molar-refractivity contribution is 5.91. The van der Waals surface area contributed by atoms with Crippen LogP contribution < -0.4 is 5.32 Å². The molecule has 0 saturated carbocycles. The molecular weight excluding hydrogens is 374 g/mol. The molecule has 0 heterocycles. The van der Waals surface area contributed by atoms with Crippen LogP contribution in [0, 0.1) is 11.3 Å². The standard InChI is InChI=1S/C25H43N3O2/c1-17(2)18(3)28(11)23(30)20(24(4,5)6)26-22(29)21(27(9)10)25(7,8)19-15-13-12-14-16-19/h12-18,20-21H,1-11H3,(H,26,29)/t18-,20?,21-/m1/s1. The van der Waals surface area contributed by atoms with Crippen molar-refractivity contribution in [2.24, 2.45) is 11.3 Å². The van der Waals surface area contributed by atoms with Gasteiger partial charge in [-0.2, -0.15) is 0 Å². The number of amides is 2. The van der Waals surface area contributed by atoms with Gasteiger partial charge in [0.2, 0.25) is 11.8 Å². The molecule has 0 radical (unpaired) electrons. The Labute approximate surface area is 184 Å². The zero-order valence-electron chi connectivity index (χ0n) is 20.9. The maximum atomic E-state index is 13.6. The van der Waals surface area contributed by atoms with E-state index in [-0.39, 0.29) is 17.9 Å². The number of carbonyl (C=O) groups is 2. The van der Waals surface area contributed by atoms with Gasteiger partial charge in [0.25, 0.3) is 0 Å². The van der Waals surface area contributed by atoms with E-state index in [1.54, 1.807) is 4.90 Å². The summed E-state index contributed by atoms with van der Waals surface area (Å²) in [4.78, 5) is 30.7. The fourth-order valence-electron chi connectivity index (χ4n) is 3.95. The van der Waals surface area contributed by atoms with Gasteiger partial charge in [-0.3, -0.25) is 14.5 Å². The normalized spacial score (nSPS) is 15.6. The maximum Gasteiger partial charge on any atom is 0.245 e. The smallest absolute Gasteiger partial charge is 0.245 e. The van der Waals surface area contributed by atoms with Crippen molar-refractivity contribution in [3.05, 3.63) is 35.9 Å². The van der Waals surface area contributed by atoms with Crippen molar-refractivity contribution >= 4 is 11.8 Å². The molecule has 2 amide bonds. The summed E-state index contributed by atoms with van der Waals surface area (Å²) in [6, 6.07) is 9.12. The van der Waals surface area contributed by atoms with Crippen molar-refractivity contribution in [1.82, 2.24) is 15.1 Å². The molecule has 170 valence electrons. The molecule has 0 bridgehead atoms. The summed E-state index contributed by atoms with van der Waals surface area (Å²) in [6.45, 7) is 16.4. The van der Waals surface area contributed by atoms with Gasteiger partial charge in [-0.15, -0.1) is 0 Å². The van der Waals surface area contributed by atoms with Gasteiger partial charge >= 0.3 is 0 Å². The van der Waals surface area contributed by atoms with E-state index >= 15 is 0 Å². The van der Waals surface area contributed by atoms with E-state index in [0.29, 0.717) is 5.92 Å². The number of nitrogens with one attached hydrogen (secondary N) is 1. The molecular formula is C25H43N3O2. The van der Waals surface area contributed by atoms with Gasteiger partial charge in [0.05, 0.1) is 6.04 Å². The molecule has 1 N–H and O–H groups in total. The first-order valence-corrected chi connectivity index (χ1v) is 10.9. The van der Waals surface area contributed by atoms with Crippen molar-refractivity contribution in [3.63, 3.8) is 0 Å². The molecule has 1 aromatic carbocycles. The van der Waals surface area contributed by atoms with Gasteiger partial charge in [0.1, 0.15) is 6.04 Å². The van der Waals surface area contributed by atoms with E-state index in [0.717, 1.165) is 5.56 Å². The quantitative estimate of drug-likeness (QED) is 0.697. The van der Waals surface area contributed by atoms with E-state index in [1.165, 1.54) is 0 Å². The fourth-order valence-corrected chi connectivity index (χ4v) is 3.95. The molecule has 0 fully saturated rings. The molecule has 0 aliphatic carbocycles. The maximum absolute atomic E-state index is 13.6. The van der Waals surface area contributed by atoms with Crippen LogP contribution in [-0.4, -0.2) is 60.9 Å². The van der Waals surface area contributed by atoms with Crippen molar-refractivity contribution in [2.45, 2.75) is 78.9 Å². The van der Waals surface area contributed by atoms with Crippen LogP contribution in [0.1, 0.15) is 61.0 Å². The molecule has 1 unspecified atom stereocenters. The Morgan fingerprint density at radius 2 is 1.40 bits per heavy atom. The Kier molecular flexibility index (Phi) is 8.68. The topological polar surface area (TPSA) is 52.7 Å². The number of carbonyl (C=O) groups excluding carboxylic acids is 2. The third-order valence-electron chi connectivity index (χ3n) is 6.29. The second-order valence-electron chi connectivity index (χ2n) is 10.7. The first-order valence-electron chi connectivity index (χ1n) is 10.9. The van der Waals surface area contributed by atoms with E-state index < -0.39 is 22.9 Å². The molecule has 3 atom stereocenters. The molecule has 0 aliphatic heterocycles. The predicted molar refractivity (Wildman–Crippen MR) is 125 cm³/mol. The molecule has 1 aromatic rings. The number of nitrogens with zero attached hydrogens (tertiary/aromatic N) is 2. The lowest BCUT2D eigenvalue weighted by atomic mass is 9.76. The second-order valence-corrected chi connectivity index (χ2v) is 10.7.